The van der Waals surface area contributed by atoms with Gasteiger partial charge >= 0.3 is 0 Å². The van der Waals surface area contributed by atoms with E-state index in [-0.39, 0.29) is 0 Å². The molecular formula is C12H23NS. The fourth-order valence-corrected chi connectivity index (χ4v) is 3.98. The van der Waals surface area contributed by atoms with Gasteiger partial charge in [0.1, 0.15) is 0 Å². The van der Waals surface area contributed by atoms with Gasteiger partial charge in [0.2, 0.25) is 0 Å². The van der Waals surface area contributed by atoms with E-state index in [0.717, 1.165) is 17.9 Å². The Labute approximate surface area is 92.4 Å². The molecule has 0 bridgehead atoms. The van der Waals surface area contributed by atoms with E-state index in [1.165, 1.54) is 50.2 Å². The van der Waals surface area contributed by atoms with Crippen molar-refractivity contribution < 1.29 is 0 Å². The van der Waals surface area contributed by atoms with Crippen molar-refractivity contribution in [3.05, 3.63) is 0 Å². The lowest BCUT2D eigenvalue weighted by atomic mass is 9.74. The zero-order valence-electron chi connectivity index (χ0n) is 9.30. The quantitative estimate of drug-likeness (QED) is 0.753. The van der Waals surface area contributed by atoms with E-state index in [4.69, 9.17) is 0 Å². The Morgan fingerprint density at radius 3 is 2.64 bits per heavy atom. The number of hydrogen-bond acceptors (Lipinski definition) is 2. The molecular weight excluding hydrogens is 190 g/mol. The molecule has 14 heavy (non-hydrogen) atoms. The molecule has 1 saturated heterocycles. The SMILES string of the molecule is CCCNC(C1CCC1)C1CCSC1. The van der Waals surface area contributed by atoms with Crippen LogP contribution in [0.1, 0.15) is 39.0 Å². The van der Waals surface area contributed by atoms with Crippen LogP contribution in [0, 0.1) is 11.8 Å². The molecule has 2 heteroatoms. The van der Waals surface area contributed by atoms with Crippen LogP contribution >= 0.6 is 11.8 Å². The molecule has 2 unspecified atom stereocenters. The maximum atomic E-state index is 3.80. The molecule has 0 aromatic rings. The second-order valence-corrected chi connectivity index (χ2v) is 5.94. The van der Waals surface area contributed by atoms with Gasteiger partial charge in [0, 0.05) is 6.04 Å². The molecule has 0 amide bonds. The molecule has 0 radical (unpaired) electrons. The standard InChI is InChI=1S/C12H23NS/c1-2-7-13-12(10-4-3-5-10)11-6-8-14-9-11/h10-13H,2-9H2,1H3. The Bertz CT molecular complexity index is 162. The average molecular weight is 213 g/mol. The third-order valence-corrected chi connectivity index (χ3v) is 4.95. The number of nitrogens with one attached hydrogen (secondary N) is 1. The molecule has 1 nitrogen and oxygen atoms in total. The topological polar surface area (TPSA) is 12.0 Å². The van der Waals surface area contributed by atoms with Crippen LogP contribution in [-0.2, 0) is 0 Å². The molecule has 1 saturated carbocycles. The van der Waals surface area contributed by atoms with Crippen LogP contribution in [0.15, 0.2) is 0 Å². The predicted octanol–water partition coefficient (Wildman–Crippen LogP) is 2.91. The second kappa shape index (κ2) is 5.41. The highest BCUT2D eigenvalue weighted by molar-refractivity contribution is 7.99. The summed E-state index contributed by atoms with van der Waals surface area (Å²) in [5.74, 6) is 4.82. The van der Waals surface area contributed by atoms with Gasteiger partial charge in [-0.05, 0) is 55.6 Å². The third-order valence-electron chi connectivity index (χ3n) is 3.76. The summed E-state index contributed by atoms with van der Waals surface area (Å²) < 4.78 is 0. The highest BCUT2D eigenvalue weighted by Gasteiger charge is 2.34. The second-order valence-electron chi connectivity index (χ2n) is 4.79. The molecule has 1 aliphatic heterocycles. The van der Waals surface area contributed by atoms with E-state index < -0.39 is 0 Å². The van der Waals surface area contributed by atoms with Crippen molar-refractivity contribution in [1.29, 1.82) is 0 Å². The van der Waals surface area contributed by atoms with Gasteiger partial charge in [-0.1, -0.05) is 13.3 Å². The Kier molecular flexibility index (Phi) is 4.18. The van der Waals surface area contributed by atoms with Crippen LogP contribution in [0.5, 0.6) is 0 Å². The minimum atomic E-state index is 0.860. The van der Waals surface area contributed by atoms with Gasteiger partial charge in [-0.25, -0.2) is 0 Å². The fraction of sp³-hybridized carbons (Fsp3) is 1.00. The zero-order chi connectivity index (χ0) is 9.80. The predicted molar refractivity (Wildman–Crippen MR) is 64.9 cm³/mol. The molecule has 2 atom stereocenters. The van der Waals surface area contributed by atoms with Crippen LogP contribution in [0.2, 0.25) is 0 Å². The summed E-state index contributed by atoms with van der Waals surface area (Å²) in [4.78, 5) is 0. The monoisotopic (exact) mass is 213 g/mol. The smallest absolute Gasteiger partial charge is 0.0132 e. The van der Waals surface area contributed by atoms with Gasteiger partial charge < -0.3 is 5.32 Å². The van der Waals surface area contributed by atoms with Crippen LogP contribution in [0.25, 0.3) is 0 Å². The first-order valence-corrected chi connectivity index (χ1v) is 7.38. The first-order chi connectivity index (χ1) is 6.92. The first-order valence-electron chi connectivity index (χ1n) is 6.23. The Morgan fingerprint density at radius 2 is 2.14 bits per heavy atom. The Balaban J connectivity index is 1.83. The molecule has 82 valence electrons. The third kappa shape index (κ3) is 2.46. The van der Waals surface area contributed by atoms with Crippen molar-refractivity contribution in [3.63, 3.8) is 0 Å². The van der Waals surface area contributed by atoms with E-state index in [2.05, 4.69) is 24.0 Å². The normalized spacial score (nSPS) is 30.2. The van der Waals surface area contributed by atoms with E-state index in [9.17, 15) is 0 Å². The van der Waals surface area contributed by atoms with Gasteiger partial charge in [-0.15, -0.1) is 0 Å². The highest BCUT2D eigenvalue weighted by Crippen LogP contribution is 2.37. The van der Waals surface area contributed by atoms with Crippen LogP contribution in [-0.4, -0.2) is 24.1 Å². The van der Waals surface area contributed by atoms with E-state index in [1.807, 2.05) is 0 Å². The minimum Gasteiger partial charge on any atom is -0.313 e. The lowest BCUT2D eigenvalue weighted by molar-refractivity contribution is 0.183. The summed E-state index contributed by atoms with van der Waals surface area (Å²) in [5.41, 5.74) is 0. The zero-order valence-corrected chi connectivity index (χ0v) is 10.1. The van der Waals surface area contributed by atoms with E-state index in [0.29, 0.717) is 0 Å². The summed E-state index contributed by atoms with van der Waals surface area (Å²) in [6.45, 7) is 3.50. The summed E-state index contributed by atoms with van der Waals surface area (Å²) in [6.07, 6.45) is 7.20. The van der Waals surface area contributed by atoms with Gasteiger partial charge in [-0.3, -0.25) is 0 Å². The summed E-state index contributed by atoms with van der Waals surface area (Å²) in [5, 5.41) is 3.80. The molecule has 1 heterocycles. The van der Waals surface area contributed by atoms with Gasteiger partial charge in [0.15, 0.2) is 0 Å². The molecule has 2 aliphatic rings. The van der Waals surface area contributed by atoms with Crippen molar-refractivity contribution in [2.24, 2.45) is 11.8 Å². The molecule has 0 spiro atoms. The van der Waals surface area contributed by atoms with Crippen molar-refractivity contribution in [3.8, 4) is 0 Å². The summed E-state index contributed by atoms with van der Waals surface area (Å²) in [7, 11) is 0. The highest BCUT2D eigenvalue weighted by atomic mass is 32.2. The minimum absolute atomic E-state index is 0.860. The fourth-order valence-electron chi connectivity index (χ4n) is 2.66. The Hall–Kier alpha value is 0.310. The number of rotatable bonds is 5. The molecule has 0 aromatic carbocycles. The van der Waals surface area contributed by atoms with Crippen LogP contribution < -0.4 is 5.32 Å². The van der Waals surface area contributed by atoms with E-state index in [1.54, 1.807) is 0 Å². The van der Waals surface area contributed by atoms with Gasteiger partial charge in [0.05, 0.1) is 0 Å². The van der Waals surface area contributed by atoms with Gasteiger partial charge in [0.25, 0.3) is 0 Å². The molecule has 2 fully saturated rings. The van der Waals surface area contributed by atoms with Crippen molar-refractivity contribution in [2.75, 3.05) is 18.1 Å². The lowest BCUT2D eigenvalue weighted by Gasteiger charge is -2.38. The summed E-state index contributed by atoms with van der Waals surface area (Å²) in [6, 6.07) is 0.860. The molecule has 1 aliphatic carbocycles. The van der Waals surface area contributed by atoms with Crippen molar-refractivity contribution in [1.82, 2.24) is 5.32 Å². The lowest BCUT2D eigenvalue weighted by Crippen LogP contribution is -2.45. The van der Waals surface area contributed by atoms with Crippen LogP contribution in [0.3, 0.4) is 0 Å². The van der Waals surface area contributed by atoms with Crippen molar-refractivity contribution >= 4 is 11.8 Å². The summed E-state index contributed by atoms with van der Waals surface area (Å²) >= 11 is 2.16. The molecule has 1 N–H and O–H groups in total. The molecule has 0 aromatic heterocycles. The number of thioether (sulfide) groups is 1. The Morgan fingerprint density at radius 1 is 1.29 bits per heavy atom. The first kappa shape index (κ1) is 10.8. The van der Waals surface area contributed by atoms with E-state index >= 15 is 0 Å². The molecule has 2 rings (SSSR count). The average Bonchev–Trinajstić information content (AvgIpc) is 2.61. The van der Waals surface area contributed by atoms with Gasteiger partial charge in [-0.2, -0.15) is 11.8 Å². The largest absolute Gasteiger partial charge is 0.313 e. The van der Waals surface area contributed by atoms with Crippen molar-refractivity contribution in [2.45, 2.75) is 45.1 Å². The van der Waals surface area contributed by atoms with Crippen LogP contribution in [0.4, 0.5) is 0 Å². The number of hydrogen-bond donors (Lipinski definition) is 1. The maximum Gasteiger partial charge on any atom is 0.0132 e. The maximum absolute atomic E-state index is 3.80.